The van der Waals surface area contributed by atoms with Crippen LogP contribution in [0.2, 0.25) is 0 Å². The normalized spacial score (nSPS) is 19.1. The van der Waals surface area contributed by atoms with Crippen molar-refractivity contribution < 1.29 is 13.9 Å². The predicted octanol–water partition coefficient (Wildman–Crippen LogP) is 4.16. The molecule has 2 aromatic rings. The van der Waals surface area contributed by atoms with Gasteiger partial charge in [-0.1, -0.05) is 24.3 Å². The van der Waals surface area contributed by atoms with Crippen LogP contribution in [0.4, 0.5) is 4.39 Å². The van der Waals surface area contributed by atoms with Gasteiger partial charge in [0.15, 0.2) is 0 Å². The van der Waals surface area contributed by atoms with Crippen LogP contribution in [0, 0.1) is 11.2 Å². The third-order valence-corrected chi connectivity index (χ3v) is 6.89. The van der Waals surface area contributed by atoms with Gasteiger partial charge in [0.05, 0.1) is 7.11 Å². The molecular weight excluding hydrogens is 429 g/mol. The molecule has 0 radical (unpaired) electrons. The molecule has 2 aliphatic rings. The lowest BCUT2D eigenvalue weighted by molar-refractivity contribution is -0.128. The van der Waals surface area contributed by atoms with Crippen LogP contribution < -0.4 is 10.5 Å². The van der Waals surface area contributed by atoms with Gasteiger partial charge in [-0.25, -0.2) is 4.39 Å². The number of rotatable bonds is 7. The first-order valence-electron chi connectivity index (χ1n) is 11.1. The summed E-state index contributed by atoms with van der Waals surface area (Å²) < 4.78 is 18.6. The average molecular weight is 462 g/mol. The third-order valence-electron chi connectivity index (χ3n) is 6.89. The zero-order valence-electron chi connectivity index (χ0n) is 18.6. The van der Waals surface area contributed by atoms with Crippen molar-refractivity contribution >= 4 is 18.3 Å². The van der Waals surface area contributed by atoms with Gasteiger partial charge in [0.25, 0.3) is 0 Å². The highest BCUT2D eigenvalue weighted by atomic mass is 35.5. The first-order valence-corrected chi connectivity index (χ1v) is 11.1. The summed E-state index contributed by atoms with van der Waals surface area (Å²) in [4.78, 5) is 17.1. The van der Waals surface area contributed by atoms with Gasteiger partial charge >= 0.3 is 0 Å². The number of carbonyl (C=O) groups excluding carboxylic acids is 1. The van der Waals surface area contributed by atoms with E-state index in [2.05, 4.69) is 4.90 Å². The Kier molecular flexibility index (Phi) is 8.15. The molecular formula is C25H33ClFN3O2. The standard InChI is InChI=1S/C25H32FN3O2.ClH/c1-31-22-7-5-19(6-8-22)17-29-18-25(16-24(29)30)10-13-28(14-11-25)12-9-23(27)20-3-2-4-21(26)15-20;/h2-8,15,23H,9-14,16-18,27H2,1H3;1H/t23-;/m0./s1. The van der Waals surface area contributed by atoms with Crippen molar-refractivity contribution in [3.63, 3.8) is 0 Å². The molecule has 1 amide bonds. The van der Waals surface area contributed by atoms with E-state index in [0.29, 0.717) is 13.0 Å². The molecule has 0 unspecified atom stereocenters. The first-order chi connectivity index (χ1) is 15.0. The van der Waals surface area contributed by atoms with E-state index < -0.39 is 0 Å². The fourth-order valence-electron chi connectivity index (χ4n) is 4.89. The Morgan fingerprint density at radius 2 is 1.88 bits per heavy atom. The lowest BCUT2D eigenvalue weighted by Crippen LogP contribution is -2.42. The lowest BCUT2D eigenvalue weighted by atomic mass is 9.77. The number of benzene rings is 2. The van der Waals surface area contributed by atoms with Gasteiger partial charge in [0.2, 0.25) is 5.91 Å². The minimum atomic E-state index is -0.238. The van der Waals surface area contributed by atoms with E-state index in [-0.39, 0.29) is 35.6 Å². The second-order valence-electron chi connectivity index (χ2n) is 9.07. The maximum atomic E-state index is 13.4. The Bertz CT molecular complexity index is 900. The molecule has 0 bridgehead atoms. The Labute approximate surface area is 196 Å². The van der Waals surface area contributed by atoms with Crippen molar-refractivity contribution in [2.75, 3.05) is 33.3 Å². The minimum absolute atomic E-state index is 0. The van der Waals surface area contributed by atoms with E-state index >= 15 is 0 Å². The molecule has 0 aromatic heterocycles. The van der Waals surface area contributed by atoms with Crippen LogP contribution in [0.15, 0.2) is 48.5 Å². The molecule has 1 spiro atoms. The molecule has 2 aliphatic heterocycles. The highest BCUT2D eigenvalue weighted by Gasteiger charge is 2.44. The average Bonchev–Trinajstić information content (AvgIpc) is 3.08. The zero-order valence-corrected chi connectivity index (χ0v) is 19.5. The van der Waals surface area contributed by atoms with Crippen molar-refractivity contribution in [2.45, 2.75) is 38.3 Å². The van der Waals surface area contributed by atoms with Crippen molar-refractivity contribution in [1.29, 1.82) is 0 Å². The minimum Gasteiger partial charge on any atom is -0.497 e. The Morgan fingerprint density at radius 1 is 1.16 bits per heavy atom. The quantitative estimate of drug-likeness (QED) is 0.672. The maximum Gasteiger partial charge on any atom is 0.223 e. The second-order valence-corrected chi connectivity index (χ2v) is 9.07. The van der Waals surface area contributed by atoms with E-state index in [9.17, 15) is 9.18 Å². The van der Waals surface area contributed by atoms with E-state index in [1.165, 1.54) is 12.1 Å². The van der Waals surface area contributed by atoms with Crippen molar-refractivity contribution in [2.24, 2.45) is 11.1 Å². The molecule has 7 heteroatoms. The van der Waals surface area contributed by atoms with Crippen LogP contribution in [0.1, 0.15) is 42.9 Å². The SMILES string of the molecule is COc1ccc(CN2CC3(CCN(CC[C@H](N)c4cccc(F)c4)CC3)CC2=O)cc1.Cl. The molecule has 2 heterocycles. The third kappa shape index (κ3) is 5.80. The highest BCUT2D eigenvalue weighted by Crippen LogP contribution is 2.41. The van der Waals surface area contributed by atoms with Crippen molar-refractivity contribution in [1.82, 2.24) is 9.80 Å². The van der Waals surface area contributed by atoms with Crippen LogP contribution in [0.3, 0.4) is 0 Å². The van der Waals surface area contributed by atoms with Gasteiger partial charge in [0, 0.05) is 25.6 Å². The molecule has 4 rings (SSSR count). The molecule has 2 saturated heterocycles. The number of ether oxygens (including phenoxy) is 1. The lowest BCUT2D eigenvalue weighted by Gasteiger charge is -2.39. The maximum absolute atomic E-state index is 13.4. The van der Waals surface area contributed by atoms with Crippen molar-refractivity contribution in [3.8, 4) is 5.75 Å². The fraction of sp³-hybridized carbons (Fsp3) is 0.480. The predicted molar refractivity (Wildman–Crippen MR) is 126 cm³/mol. The molecule has 32 heavy (non-hydrogen) atoms. The van der Waals surface area contributed by atoms with Crippen LogP contribution in [-0.4, -0.2) is 49.0 Å². The van der Waals surface area contributed by atoms with Crippen LogP contribution in [0.25, 0.3) is 0 Å². The number of piperidine rings is 1. The first kappa shape index (κ1) is 24.5. The molecule has 2 N–H and O–H groups in total. The summed E-state index contributed by atoms with van der Waals surface area (Å²) in [6, 6.07) is 14.4. The van der Waals surface area contributed by atoms with Gasteiger partial charge in [-0.05, 0) is 79.7 Å². The Hall–Kier alpha value is -2.15. The molecule has 0 saturated carbocycles. The number of halogens is 2. The number of methoxy groups -OCH3 is 1. The number of hydrogen-bond donors (Lipinski definition) is 1. The summed E-state index contributed by atoms with van der Waals surface area (Å²) >= 11 is 0. The van der Waals surface area contributed by atoms with Gasteiger partial charge in [-0.2, -0.15) is 0 Å². The van der Waals surface area contributed by atoms with Gasteiger partial charge in [0.1, 0.15) is 11.6 Å². The van der Waals surface area contributed by atoms with Gasteiger partial charge in [-0.3, -0.25) is 4.79 Å². The smallest absolute Gasteiger partial charge is 0.223 e. The van der Waals surface area contributed by atoms with E-state index in [1.54, 1.807) is 13.2 Å². The molecule has 1 atom stereocenters. The summed E-state index contributed by atoms with van der Waals surface area (Å²) in [5.41, 5.74) is 8.36. The van der Waals surface area contributed by atoms with Crippen LogP contribution >= 0.6 is 12.4 Å². The van der Waals surface area contributed by atoms with Crippen LogP contribution in [0.5, 0.6) is 5.75 Å². The number of amides is 1. The Morgan fingerprint density at radius 3 is 2.53 bits per heavy atom. The molecule has 2 aromatic carbocycles. The molecule has 0 aliphatic carbocycles. The monoisotopic (exact) mass is 461 g/mol. The summed E-state index contributed by atoms with van der Waals surface area (Å²) in [5, 5.41) is 0. The molecule has 174 valence electrons. The summed E-state index contributed by atoms with van der Waals surface area (Å²) in [7, 11) is 1.66. The summed E-state index contributed by atoms with van der Waals surface area (Å²) in [6.45, 7) is 4.38. The number of carbonyl (C=O) groups is 1. The number of nitrogens with two attached hydrogens (primary N) is 1. The van der Waals surface area contributed by atoms with Gasteiger partial charge < -0.3 is 20.3 Å². The van der Waals surface area contributed by atoms with E-state index in [1.807, 2.05) is 35.2 Å². The van der Waals surface area contributed by atoms with Crippen molar-refractivity contribution in [3.05, 3.63) is 65.5 Å². The van der Waals surface area contributed by atoms with Crippen LogP contribution in [-0.2, 0) is 11.3 Å². The van der Waals surface area contributed by atoms with Gasteiger partial charge in [-0.15, -0.1) is 12.4 Å². The van der Waals surface area contributed by atoms with E-state index in [0.717, 1.165) is 62.3 Å². The molecule has 2 fully saturated rings. The second kappa shape index (κ2) is 10.6. The number of nitrogens with zero attached hydrogens (tertiary/aromatic N) is 2. The Balaban J connectivity index is 0.00000289. The summed E-state index contributed by atoms with van der Waals surface area (Å²) in [5.74, 6) is 0.854. The number of hydrogen-bond acceptors (Lipinski definition) is 4. The highest BCUT2D eigenvalue weighted by molar-refractivity contribution is 5.85. The topological polar surface area (TPSA) is 58.8 Å². The molecule has 5 nitrogen and oxygen atoms in total. The number of likely N-dealkylation sites (tertiary alicyclic amines) is 2. The fourth-order valence-corrected chi connectivity index (χ4v) is 4.89. The zero-order chi connectivity index (χ0) is 21.8. The largest absolute Gasteiger partial charge is 0.497 e. The summed E-state index contributed by atoms with van der Waals surface area (Å²) in [6.07, 6.45) is 3.53. The van der Waals surface area contributed by atoms with E-state index in [4.69, 9.17) is 10.5 Å².